The first kappa shape index (κ1) is 22.8. The van der Waals surface area contributed by atoms with Gasteiger partial charge in [-0.05, 0) is 49.1 Å². The lowest BCUT2D eigenvalue weighted by atomic mass is 9.86. The number of carbonyl (C=O) groups excluding carboxylic acids is 1. The fourth-order valence-corrected chi connectivity index (χ4v) is 5.29. The Morgan fingerprint density at radius 3 is 2.67 bits per heavy atom. The van der Waals surface area contributed by atoms with Crippen LogP contribution in [0.3, 0.4) is 0 Å². The minimum Gasteiger partial charge on any atom is -0.497 e. The van der Waals surface area contributed by atoms with E-state index in [1.165, 1.54) is 31.5 Å². The lowest BCUT2D eigenvalue weighted by molar-refractivity contribution is 0.0909. The summed E-state index contributed by atoms with van der Waals surface area (Å²) in [5.41, 5.74) is 0.236. The summed E-state index contributed by atoms with van der Waals surface area (Å²) in [6.07, 6.45) is 5.50. The number of hydrogen-bond acceptors (Lipinski definition) is 5. The zero-order valence-corrected chi connectivity index (χ0v) is 19.4. The number of ether oxygens (including phenoxy) is 1. The van der Waals surface area contributed by atoms with Crippen molar-refractivity contribution in [3.63, 3.8) is 0 Å². The van der Waals surface area contributed by atoms with Crippen LogP contribution in [0.25, 0.3) is 10.9 Å². The summed E-state index contributed by atoms with van der Waals surface area (Å²) in [5.74, 6) is 0.412. The van der Waals surface area contributed by atoms with Crippen molar-refractivity contribution in [2.24, 2.45) is 5.92 Å². The van der Waals surface area contributed by atoms with Gasteiger partial charge in [-0.2, -0.15) is 0 Å². The van der Waals surface area contributed by atoms with E-state index in [9.17, 15) is 18.0 Å². The smallest absolute Gasteiger partial charge is 0.261 e. The van der Waals surface area contributed by atoms with Crippen LogP contribution in [-0.2, 0) is 10.0 Å². The monoisotopic (exact) mass is 469 g/mol. The second kappa shape index (κ2) is 9.27. The normalized spacial score (nSPS) is 18.6. The number of anilines is 1. The van der Waals surface area contributed by atoms with Crippen molar-refractivity contribution in [1.82, 2.24) is 10.3 Å². The lowest BCUT2D eigenvalue weighted by Crippen LogP contribution is -2.42. The highest BCUT2D eigenvalue weighted by Crippen LogP contribution is 2.24. The summed E-state index contributed by atoms with van der Waals surface area (Å²) in [5, 5.41) is 3.11. The van der Waals surface area contributed by atoms with Crippen LogP contribution in [0, 0.1) is 5.92 Å². The molecule has 2 aromatic carbocycles. The summed E-state index contributed by atoms with van der Waals surface area (Å²) in [4.78, 5) is 28.8. The van der Waals surface area contributed by atoms with E-state index in [1.807, 2.05) is 0 Å². The van der Waals surface area contributed by atoms with Crippen molar-refractivity contribution in [3.8, 4) is 5.75 Å². The van der Waals surface area contributed by atoms with E-state index in [0.717, 1.165) is 25.7 Å². The predicted octanol–water partition coefficient (Wildman–Crippen LogP) is 3.65. The molecule has 1 aliphatic carbocycles. The van der Waals surface area contributed by atoms with Crippen LogP contribution in [-0.4, -0.2) is 32.5 Å². The molecule has 174 valence electrons. The number of methoxy groups -OCH3 is 1. The molecule has 0 bridgehead atoms. The molecule has 0 spiro atoms. The van der Waals surface area contributed by atoms with Gasteiger partial charge in [-0.3, -0.25) is 14.3 Å². The molecule has 1 heterocycles. The Labute approximate surface area is 192 Å². The number of carbonyl (C=O) groups is 1. The van der Waals surface area contributed by atoms with Gasteiger partial charge in [0.05, 0.1) is 17.7 Å². The van der Waals surface area contributed by atoms with Crippen molar-refractivity contribution in [2.75, 3.05) is 11.8 Å². The zero-order valence-electron chi connectivity index (χ0n) is 18.6. The molecule has 3 aromatic rings. The molecule has 8 nitrogen and oxygen atoms in total. The minimum atomic E-state index is -3.97. The van der Waals surface area contributed by atoms with Gasteiger partial charge in [-0.15, -0.1) is 0 Å². The third-order valence-corrected chi connectivity index (χ3v) is 7.54. The second-order valence-corrected chi connectivity index (χ2v) is 10.1. The first-order chi connectivity index (χ1) is 15.8. The highest BCUT2D eigenvalue weighted by molar-refractivity contribution is 7.92. The standard InChI is InChI=1S/C24H27N3O5S/c1-15-6-3-4-9-21(15)26-24(29)20-14-25-22-11-10-18(13-19(22)23(20)28)33(30,31)27-16-7-5-8-17(12-16)32-2/h5,7-8,10-15,21,27H,3-4,6,9H2,1-2H3,(H,25,28)(H,26,29)/t15-,21-/m1/s1. The van der Waals surface area contributed by atoms with Gasteiger partial charge in [0.2, 0.25) is 5.43 Å². The molecule has 1 amide bonds. The molecule has 0 saturated heterocycles. The zero-order chi connectivity index (χ0) is 23.6. The highest BCUT2D eigenvalue weighted by atomic mass is 32.2. The molecular weight excluding hydrogens is 442 g/mol. The molecule has 1 fully saturated rings. The number of aromatic nitrogens is 1. The summed E-state index contributed by atoms with van der Waals surface area (Å²) in [6, 6.07) is 10.8. The molecular formula is C24H27N3O5S. The first-order valence-electron chi connectivity index (χ1n) is 10.9. The fourth-order valence-electron chi connectivity index (χ4n) is 4.21. The molecule has 4 rings (SSSR count). The summed E-state index contributed by atoms with van der Waals surface area (Å²) in [6.45, 7) is 2.10. The number of aromatic amines is 1. The Balaban J connectivity index is 1.64. The van der Waals surface area contributed by atoms with Crippen LogP contribution in [0.15, 0.2) is 58.4 Å². The Kier molecular flexibility index (Phi) is 6.42. The Morgan fingerprint density at radius 2 is 1.91 bits per heavy atom. The van der Waals surface area contributed by atoms with Gasteiger partial charge >= 0.3 is 0 Å². The number of benzene rings is 2. The van der Waals surface area contributed by atoms with Crippen LogP contribution in [0.4, 0.5) is 5.69 Å². The van der Waals surface area contributed by atoms with Gasteiger partial charge in [-0.25, -0.2) is 8.42 Å². The largest absolute Gasteiger partial charge is 0.497 e. The number of hydrogen-bond donors (Lipinski definition) is 3. The van der Waals surface area contributed by atoms with Gasteiger partial charge in [0.15, 0.2) is 0 Å². The third kappa shape index (κ3) is 4.88. The molecule has 0 aliphatic heterocycles. The maximum absolute atomic E-state index is 13.1. The molecule has 33 heavy (non-hydrogen) atoms. The van der Waals surface area contributed by atoms with Crippen molar-refractivity contribution >= 4 is 32.5 Å². The van der Waals surface area contributed by atoms with E-state index in [-0.39, 0.29) is 21.9 Å². The van der Waals surface area contributed by atoms with Crippen LogP contribution in [0.1, 0.15) is 43.0 Å². The Bertz CT molecular complexity index is 1350. The average molecular weight is 470 g/mol. The van der Waals surface area contributed by atoms with E-state index in [1.54, 1.807) is 24.3 Å². The number of sulfonamides is 1. The fraction of sp³-hybridized carbons (Fsp3) is 0.333. The Morgan fingerprint density at radius 1 is 1.12 bits per heavy atom. The van der Waals surface area contributed by atoms with Gasteiger partial charge in [0, 0.05) is 29.2 Å². The van der Waals surface area contributed by atoms with Gasteiger partial charge in [0.25, 0.3) is 15.9 Å². The number of nitrogens with one attached hydrogen (secondary N) is 3. The molecule has 0 unspecified atom stereocenters. The highest BCUT2D eigenvalue weighted by Gasteiger charge is 2.25. The summed E-state index contributed by atoms with van der Waals surface area (Å²) in [7, 11) is -2.48. The van der Waals surface area contributed by atoms with E-state index < -0.39 is 21.4 Å². The lowest BCUT2D eigenvalue weighted by Gasteiger charge is -2.29. The van der Waals surface area contributed by atoms with Crippen molar-refractivity contribution < 1.29 is 17.9 Å². The Hall–Kier alpha value is -3.33. The molecule has 2 atom stereocenters. The topological polar surface area (TPSA) is 117 Å². The maximum atomic E-state index is 13.1. The number of pyridine rings is 1. The number of rotatable bonds is 6. The minimum absolute atomic E-state index is 0.0279. The maximum Gasteiger partial charge on any atom is 0.261 e. The third-order valence-electron chi connectivity index (χ3n) is 6.16. The van der Waals surface area contributed by atoms with Crippen LogP contribution < -0.4 is 20.2 Å². The van der Waals surface area contributed by atoms with Crippen LogP contribution in [0.5, 0.6) is 5.75 Å². The second-order valence-electron chi connectivity index (χ2n) is 8.42. The van der Waals surface area contributed by atoms with Crippen LogP contribution in [0.2, 0.25) is 0 Å². The van der Waals surface area contributed by atoms with E-state index in [0.29, 0.717) is 22.9 Å². The van der Waals surface area contributed by atoms with E-state index >= 15 is 0 Å². The van der Waals surface area contributed by atoms with Gasteiger partial charge in [-0.1, -0.05) is 25.8 Å². The molecule has 0 radical (unpaired) electrons. The van der Waals surface area contributed by atoms with Gasteiger partial charge < -0.3 is 15.0 Å². The molecule has 1 aromatic heterocycles. The van der Waals surface area contributed by atoms with E-state index in [4.69, 9.17) is 4.74 Å². The SMILES string of the molecule is COc1cccc(NS(=O)(=O)c2ccc3[nH]cc(C(=O)N[C@@H]4CCCC[C@H]4C)c(=O)c3c2)c1. The first-order valence-corrected chi connectivity index (χ1v) is 12.4. The molecule has 1 saturated carbocycles. The number of amides is 1. The van der Waals surface area contributed by atoms with Crippen LogP contribution >= 0.6 is 0 Å². The quantitative estimate of drug-likeness (QED) is 0.509. The van der Waals surface area contributed by atoms with Crippen molar-refractivity contribution in [1.29, 1.82) is 0 Å². The number of H-pyrrole nitrogens is 1. The average Bonchev–Trinajstić information content (AvgIpc) is 2.80. The summed E-state index contributed by atoms with van der Waals surface area (Å²) >= 11 is 0. The molecule has 1 aliphatic rings. The van der Waals surface area contributed by atoms with Crippen molar-refractivity contribution in [2.45, 2.75) is 43.5 Å². The number of fused-ring (bicyclic) bond motifs is 1. The predicted molar refractivity (Wildman–Crippen MR) is 127 cm³/mol. The summed E-state index contributed by atoms with van der Waals surface area (Å²) < 4.78 is 33.5. The van der Waals surface area contributed by atoms with Crippen molar-refractivity contribution in [3.05, 3.63) is 64.4 Å². The molecule has 3 N–H and O–H groups in total. The molecule has 9 heteroatoms. The van der Waals surface area contributed by atoms with Gasteiger partial charge in [0.1, 0.15) is 11.3 Å². The van der Waals surface area contributed by atoms with E-state index in [2.05, 4.69) is 21.9 Å².